The van der Waals surface area contributed by atoms with Crippen LogP contribution < -0.4 is 11.3 Å². The third-order valence-electron chi connectivity index (χ3n) is 3.79. The molecule has 1 aromatic rings. The summed E-state index contributed by atoms with van der Waals surface area (Å²) >= 11 is 3.63. The summed E-state index contributed by atoms with van der Waals surface area (Å²) in [5, 5.41) is 0. The average molecular weight is 297 g/mol. The molecular weight excluding hydrogens is 276 g/mol. The number of hydrogen-bond donors (Lipinski definition) is 2. The fourth-order valence-electron chi connectivity index (χ4n) is 2.85. The first-order valence-electron chi connectivity index (χ1n) is 6.53. The van der Waals surface area contributed by atoms with E-state index in [-0.39, 0.29) is 6.04 Å². The summed E-state index contributed by atoms with van der Waals surface area (Å²) in [4.78, 5) is 0. The zero-order chi connectivity index (χ0) is 12.1. The predicted octanol–water partition coefficient (Wildman–Crippen LogP) is 3.92. The Bertz CT molecular complexity index is 346. The van der Waals surface area contributed by atoms with E-state index in [0.29, 0.717) is 5.92 Å². The summed E-state index contributed by atoms with van der Waals surface area (Å²) in [6.45, 7) is 0. The Morgan fingerprint density at radius 2 is 1.76 bits per heavy atom. The molecule has 1 saturated carbocycles. The molecule has 1 aliphatic carbocycles. The number of rotatable bonds is 3. The second-order valence-electron chi connectivity index (χ2n) is 4.92. The number of hydrazine groups is 1. The summed E-state index contributed by atoms with van der Waals surface area (Å²) in [7, 11) is 0. The lowest BCUT2D eigenvalue weighted by Gasteiger charge is -2.26. The number of benzene rings is 1. The normalized spacial score (nSPS) is 19.9. The summed E-state index contributed by atoms with van der Waals surface area (Å²) in [6.07, 6.45) is 8.01. The molecule has 2 nitrogen and oxygen atoms in total. The average Bonchev–Trinajstić information content (AvgIpc) is 2.62. The van der Waals surface area contributed by atoms with Crippen LogP contribution >= 0.6 is 15.9 Å². The molecule has 1 unspecified atom stereocenters. The van der Waals surface area contributed by atoms with E-state index in [9.17, 15) is 0 Å². The maximum Gasteiger partial charge on any atom is 0.0499 e. The summed E-state index contributed by atoms with van der Waals surface area (Å²) < 4.78 is 1.16. The highest BCUT2D eigenvalue weighted by molar-refractivity contribution is 9.10. The van der Waals surface area contributed by atoms with E-state index in [2.05, 4.69) is 39.6 Å². The first-order valence-corrected chi connectivity index (χ1v) is 7.33. The van der Waals surface area contributed by atoms with Crippen LogP contribution in [-0.2, 0) is 0 Å². The first kappa shape index (κ1) is 13.1. The summed E-state index contributed by atoms with van der Waals surface area (Å²) in [5.41, 5.74) is 4.32. The standard InChI is InChI=1S/C14H21BrN2/c15-13-10-6-5-9-12(13)14(17-16)11-7-3-1-2-4-8-11/h5-6,9-11,14,17H,1-4,7-8,16H2. The van der Waals surface area contributed by atoms with Crippen LogP contribution in [0.1, 0.15) is 50.1 Å². The lowest BCUT2D eigenvalue weighted by atomic mass is 9.87. The fraction of sp³-hybridized carbons (Fsp3) is 0.571. The Balaban J connectivity index is 2.17. The van der Waals surface area contributed by atoms with E-state index >= 15 is 0 Å². The fourth-order valence-corrected chi connectivity index (χ4v) is 3.38. The van der Waals surface area contributed by atoms with Gasteiger partial charge < -0.3 is 0 Å². The molecule has 2 rings (SSSR count). The summed E-state index contributed by atoms with van der Waals surface area (Å²) in [6, 6.07) is 8.68. The van der Waals surface area contributed by atoms with Crippen LogP contribution in [0.25, 0.3) is 0 Å². The molecule has 0 heterocycles. The number of halogens is 1. The van der Waals surface area contributed by atoms with E-state index < -0.39 is 0 Å². The molecule has 0 bridgehead atoms. The van der Waals surface area contributed by atoms with Crippen LogP contribution in [-0.4, -0.2) is 0 Å². The van der Waals surface area contributed by atoms with Gasteiger partial charge in [-0.05, 0) is 30.4 Å². The second kappa shape index (κ2) is 6.53. The van der Waals surface area contributed by atoms with Gasteiger partial charge in [-0.25, -0.2) is 0 Å². The number of nitrogens with one attached hydrogen (secondary N) is 1. The van der Waals surface area contributed by atoms with Crippen LogP contribution in [0.2, 0.25) is 0 Å². The predicted molar refractivity (Wildman–Crippen MR) is 75.4 cm³/mol. The minimum Gasteiger partial charge on any atom is -0.271 e. The quantitative estimate of drug-likeness (QED) is 0.504. The van der Waals surface area contributed by atoms with Crippen molar-refractivity contribution in [1.82, 2.24) is 5.43 Å². The Labute approximate surface area is 112 Å². The highest BCUT2D eigenvalue weighted by atomic mass is 79.9. The van der Waals surface area contributed by atoms with Gasteiger partial charge in [-0.3, -0.25) is 11.3 Å². The minimum absolute atomic E-state index is 0.281. The molecule has 0 aromatic heterocycles. The zero-order valence-electron chi connectivity index (χ0n) is 10.2. The number of hydrogen-bond acceptors (Lipinski definition) is 2. The largest absolute Gasteiger partial charge is 0.271 e. The molecule has 3 N–H and O–H groups in total. The van der Waals surface area contributed by atoms with Crippen LogP contribution in [0, 0.1) is 5.92 Å². The molecule has 0 radical (unpaired) electrons. The second-order valence-corrected chi connectivity index (χ2v) is 5.77. The lowest BCUT2D eigenvalue weighted by molar-refractivity contribution is 0.328. The Morgan fingerprint density at radius 1 is 1.12 bits per heavy atom. The van der Waals surface area contributed by atoms with Crippen molar-refractivity contribution in [2.45, 2.75) is 44.6 Å². The Hall–Kier alpha value is -0.380. The van der Waals surface area contributed by atoms with Gasteiger partial charge in [0.25, 0.3) is 0 Å². The van der Waals surface area contributed by atoms with Gasteiger partial charge in [0.05, 0.1) is 0 Å². The van der Waals surface area contributed by atoms with Gasteiger partial charge in [-0.15, -0.1) is 0 Å². The van der Waals surface area contributed by atoms with Crippen LogP contribution in [0.4, 0.5) is 0 Å². The molecule has 17 heavy (non-hydrogen) atoms. The Morgan fingerprint density at radius 3 is 2.35 bits per heavy atom. The summed E-state index contributed by atoms with van der Waals surface area (Å²) in [5.74, 6) is 6.45. The van der Waals surface area contributed by atoms with Gasteiger partial charge >= 0.3 is 0 Å². The molecule has 0 aliphatic heterocycles. The molecule has 94 valence electrons. The SMILES string of the molecule is NNC(c1ccccc1Br)C1CCCCCC1. The van der Waals surface area contributed by atoms with E-state index in [4.69, 9.17) is 5.84 Å². The Kier molecular flexibility index (Phi) is 5.01. The van der Waals surface area contributed by atoms with Crippen molar-refractivity contribution in [1.29, 1.82) is 0 Å². The van der Waals surface area contributed by atoms with Gasteiger partial charge in [0, 0.05) is 10.5 Å². The van der Waals surface area contributed by atoms with E-state index in [1.807, 2.05) is 6.07 Å². The van der Waals surface area contributed by atoms with Crippen molar-refractivity contribution >= 4 is 15.9 Å². The molecule has 1 fully saturated rings. The maximum absolute atomic E-state index is 5.78. The molecule has 0 amide bonds. The van der Waals surface area contributed by atoms with Gasteiger partial charge in [0.1, 0.15) is 0 Å². The van der Waals surface area contributed by atoms with Crippen molar-refractivity contribution in [2.24, 2.45) is 11.8 Å². The van der Waals surface area contributed by atoms with Crippen LogP contribution in [0.15, 0.2) is 28.7 Å². The van der Waals surface area contributed by atoms with E-state index in [1.165, 1.54) is 44.1 Å². The molecule has 3 heteroatoms. The van der Waals surface area contributed by atoms with Gasteiger partial charge in [0.2, 0.25) is 0 Å². The first-order chi connectivity index (χ1) is 8.33. The minimum atomic E-state index is 0.281. The third-order valence-corrected chi connectivity index (χ3v) is 4.51. The van der Waals surface area contributed by atoms with Crippen LogP contribution in [0.3, 0.4) is 0 Å². The van der Waals surface area contributed by atoms with E-state index in [0.717, 1.165) is 4.47 Å². The van der Waals surface area contributed by atoms with Gasteiger partial charge in [-0.1, -0.05) is 59.8 Å². The molecule has 1 aliphatic rings. The molecule has 1 aromatic carbocycles. The van der Waals surface area contributed by atoms with Crippen molar-refractivity contribution in [3.63, 3.8) is 0 Å². The van der Waals surface area contributed by atoms with Crippen LogP contribution in [0.5, 0.6) is 0 Å². The third kappa shape index (κ3) is 3.30. The maximum atomic E-state index is 5.78. The van der Waals surface area contributed by atoms with E-state index in [1.54, 1.807) is 0 Å². The smallest absolute Gasteiger partial charge is 0.0499 e. The highest BCUT2D eigenvalue weighted by Gasteiger charge is 2.24. The van der Waals surface area contributed by atoms with Crippen molar-refractivity contribution in [2.75, 3.05) is 0 Å². The number of nitrogens with two attached hydrogens (primary N) is 1. The topological polar surface area (TPSA) is 38.0 Å². The van der Waals surface area contributed by atoms with Gasteiger partial charge in [-0.2, -0.15) is 0 Å². The van der Waals surface area contributed by atoms with Crippen molar-refractivity contribution in [3.8, 4) is 0 Å². The molecule has 0 spiro atoms. The highest BCUT2D eigenvalue weighted by Crippen LogP contribution is 2.35. The van der Waals surface area contributed by atoms with Gasteiger partial charge in [0.15, 0.2) is 0 Å². The monoisotopic (exact) mass is 296 g/mol. The van der Waals surface area contributed by atoms with Crippen molar-refractivity contribution in [3.05, 3.63) is 34.3 Å². The molecular formula is C14H21BrN2. The lowest BCUT2D eigenvalue weighted by Crippen LogP contribution is -2.33. The van der Waals surface area contributed by atoms with Crippen molar-refractivity contribution < 1.29 is 0 Å². The zero-order valence-corrected chi connectivity index (χ0v) is 11.7. The molecule has 1 atom stereocenters. The molecule has 0 saturated heterocycles.